The first-order valence-corrected chi connectivity index (χ1v) is 21.9. The van der Waals surface area contributed by atoms with Crippen LogP contribution in [0.25, 0.3) is 44.8 Å². The topological polar surface area (TPSA) is 59.0 Å². The summed E-state index contributed by atoms with van der Waals surface area (Å²) in [6, 6.07) is 28.0. The van der Waals surface area contributed by atoms with Crippen LogP contribution in [0.3, 0.4) is 0 Å². The van der Waals surface area contributed by atoms with E-state index in [9.17, 15) is 10.2 Å². The van der Waals surface area contributed by atoms with E-state index in [2.05, 4.69) is 107 Å². The normalized spacial score (nSPS) is 29.4. The van der Waals surface area contributed by atoms with Crippen LogP contribution in [0, 0.1) is 78.1 Å². The second-order valence-corrected chi connectivity index (χ2v) is 20.3. The van der Waals surface area contributed by atoms with Gasteiger partial charge >= 0.3 is 25.8 Å². The smallest absolute Gasteiger partial charge is 0.872 e. The average Bonchev–Trinajstić information content (AvgIpc) is 3.15. The molecule has 0 saturated heterocycles. The van der Waals surface area contributed by atoms with Gasteiger partial charge in [0, 0.05) is 11.1 Å². The van der Waals surface area contributed by atoms with Crippen molar-refractivity contribution in [2.45, 2.75) is 116 Å². The monoisotopic (exact) mass is 947 g/mol. The Bertz CT molecular complexity index is 2190. The first kappa shape index (κ1) is 42.2. The third kappa shape index (κ3) is 7.00. The van der Waals surface area contributed by atoms with Gasteiger partial charge in [0.2, 0.25) is 0 Å². The summed E-state index contributed by atoms with van der Waals surface area (Å²) in [5, 5.41) is 29.7. The van der Waals surface area contributed by atoms with E-state index in [-0.39, 0.29) is 63.0 Å². The van der Waals surface area contributed by atoms with Gasteiger partial charge in [-0.05, 0) is 209 Å². The Morgan fingerprint density at radius 1 is 0.424 bits per heavy atom. The van der Waals surface area contributed by atoms with Crippen LogP contribution in [0.4, 0.5) is 0 Å². The van der Waals surface area contributed by atoms with Crippen molar-refractivity contribution < 1.29 is 36.1 Å². The van der Waals surface area contributed by atoms with Gasteiger partial charge in [-0.2, -0.15) is 0 Å². The van der Waals surface area contributed by atoms with Crippen molar-refractivity contribution in [1.82, 2.24) is 4.98 Å². The summed E-state index contributed by atoms with van der Waals surface area (Å²) in [4.78, 5) is 5.42. The van der Waals surface area contributed by atoms with Crippen molar-refractivity contribution >= 4 is 0 Å². The Morgan fingerprint density at radius 2 is 0.746 bits per heavy atom. The summed E-state index contributed by atoms with van der Waals surface area (Å²) < 4.78 is 0. The van der Waals surface area contributed by atoms with Gasteiger partial charge < -0.3 is 25.1 Å². The zero-order chi connectivity index (χ0) is 38.1. The Hall–Kier alpha value is -3.50. The van der Waals surface area contributed by atoms with Crippen LogP contribution >= 0.6 is 0 Å². The SMILES string of the molecule is Cc1ccc(-c2cc(C)cc(C34CC5CC(CC(C5)C3)C4)c2[O-])c(-c2cccc(-c3cc(C)ccc3-c3cc(C)cc(C45CC6CC(CC(C6)C4)C5)c3[O-])n2)c1.[CH3-].[CH3-].[Hf+4]. The van der Waals surface area contributed by atoms with E-state index in [4.69, 9.17) is 4.98 Å². The van der Waals surface area contributed by atoms with Crippen molar-refractivity contribution in [2.75, 3.05) is 0 Å². The summed E-state index contributed by atoms with van der Waals surface area (Å²) in [6.45, 7) is 8.59. The third-order valence-corrected chi connectivity index (χ3v) is 15.9. The van der Waals surface area contributed by atoms with Crippen LogP contribution in [0.2, 0.25) is 0 Å². The molecule has 4 heteroatoms. The maximum Gasteiger partial charge on any atom is 4.00 e. The molecule has 5 aromatic rings. The fourth-order valence-corrected chi connectivity index (χ4v) is 14.6. The number of nitrogens with zero attached hydrogens (tertiary/aromatic N) is 1. The molecule has 0 amide bonds. The maximum absolute atomic E-state index is 14.9. The van der Waals surface area contributed by atoms with Gasteiger partial charge in [0.05, 0.1) is 11.4 Å². The molecule has 0 unspecified atom stereocenters. The van der Waals surface area contributed by atoms with Crippen LogP contribution < -0.4 is 10.2 Å². The van der Waals surface area contributed by atoms with Gasteiger partial charge in [-0.15, -0.1) is 0 Å². The third-order valence-electron chi connectivity index (χ3n) is 15.9. The fraction of sp³-hybridized carbons (Fsp3) is 0.436. The molecule has 1 aromatic heterocycles. The summed E-state index contributed by atoms with van der Waals surface area (Å²) in [6.07, 6.45) is 15.2. The Morgan fingerprint density at radius 3 is 1.08 bits per heavy atom. The Labute approximate surface area is 373 Å². The maximum atomic E-state index is 14.9. The summed E-state index contributed by atoms with van der Waals surface area (Å²) >= 11 is 0. The Kier molecular flexibility index (Phi) is 11.0. The zero-order valence-electron chi connectivity index (χ0n) is 36.2. The molecule has 1 heterocycles. The van der Waals surface area contributed by atoms with Gasteiger partial charge in [-0.3, -0.25) is 0 Å². The molecule has 13 rings (SSSR count). The molecule has 302 valence electrons. The molecule has 0 radical (unpaired) electrons. The minimum Gasteiger partial charge on any atom is -0.872 e. The van der Waals surface area contributed by atoms with Gasteiger partial charge in [0.15, 0.2) is 0 Å². The second-order valence-electron chi connectivity index (χ2n) is 20.3. The molecule has 8 aliphatic rings. The van der Waals surface area contributed by atoms with E-state index in [1.165, 1.54) is 88.2 Å². The zero-order valence-corrected chi connectivity index (χ0v) is 39.8. The molecular weight excluding hydrogens is 885 g/mol. The molecule has 8 aliphatic carbocycles. The van der Waals surface area contributed by atoms with E-state index in [0.717, 1.165) is 103 Å². The molecule has 8 bridgehead atoms. The fourth-order valence-electron chi connectivity index (χ4n) is 14.6. The predicted molar refractivity (Wildman–Crippen MR) is 236 cm³/mol. The minimum atomic E-state index is 0. The van der Waals surface area contributed by atoms with Crippen LogP contribution in [0.1, 0.15) is 110 Å². The largest absolute Gasteiger partial charge is 4.00 e. The molecule has 0 aliphatic heterocycles. The Balaban J connectivity index is 0.00000161. The number of hydrogen-bond donors (Lipinski definition) is 0. The molecule has 3 nitrogen and oxygen atoms in total. The molecule has 8 saturated carbocycles. The molecular formula is C55H61HfNO2. The van der Waals surface area contributed by atoms with E-state index in [1.54, 1.807) is 0 Å². The van der Waals surface area contributed by atoms with Crippen molar-refractivity contribution in [2.24, 2.45) is 35.5 Å². The second kappa shape index (κ2) is 15.4. The van der Waals surface area contributed by atoms with Crippen molar-refractivity contribution in [3.63, 3.8) is 0 Å². The van der Waals surface area contributed by atoms with E-state index in [1.807, 2.05) is 0 Å². The number of aromatic nitrogens is 1. The molecule has 0 atom stereocenters. The van der Waals surface area contributed by atoms with Gasteiger partial charge in [-0.1, -0.05) is 88.4 Å². The van der Waals surface area contributed by atoms with E-state index < -0.39 is 0 Å². The number of aryl methyl sites for hydroxylation is 4. The van der Waals surface area contributed by atoms with Crippen LogP contribution in [0.15, 0.2) is 78.9 Å². The molecule has 4 aromatic carbocycles. The van der Waals surface area contributed by atoms with Gasteiger partial charge in [0.25, 0.3) is 0 Å². The van der Waals surface area contributed by atoms with Crippen LogP contribution in [-0.4, -0.2) is 4.98 Å². The van der Waals surface area contributed by atoms with Crippen molar-refractivity contribution in [3.8, 4) is 56.3 Å². The quantitative estimate of drug-likeness (QED) is 0.126. The average molecular weight is 947 g/mol. The molecule has 0 N–H and O–H groups in total. The summed E-state index contributed by atoms with van der Waals surface area (Å²) in [7, 11) is 0. The number of pyridine rings is 1. The van der Waals surface area contributed by atoms with Crippen LogP contribution in [-0.2, 0) is 36.7 Å². The molecule has 59 heavy (non-hydrogen) atoms. The van der Waals surface area contributed by atoms with Crippen LogP contribution in [0.5, 0.6) is 11.5 Å². The number of benzene rings is 4. The first-order chi connectivity index (χ1) is 27.0. The molecule has 8 fully saturated rings. The number of rotatable bonds is 6. The first-order valence-electron chi connectivity index (χ1n) is 21.9. The van der Waals surface area contributed by atoms with Crippen molar-refractivity contribution in [3.05, 3.63) is 127 Å². The predicted octanol–water partition coefficient (Wildman–Crippen LogP) is 13.0. The molecule has 0 spiro atoms. The summed E-state index contributed by atoms with van der Waals surface area (Å²) in [5.41, 5.74) is 14.1. The standard InChI is InChI=1S/C53H57NO2.2CH3.Hf/c1-30-8-10-40(44-14-32(3)16-46(50(44)55)52-24-34-18-35(25-52)20-36(19-34)26-52)42(12-30)48-6-5-7-49(54-48)43-13-31(2)9-11-41(43)45-15-33(4)17-47(51(45)56)53-27-37-21-38(28-53)23-39(22-37)29-53;;;/h5-17,34-39,55-56H,18-29H2,1-4H3;2*1H3;/q;2*-1;+4/p-2. The van der Waals surface area contributed by atoms with Gasteiger partial charge in [0.1, 0.15) is 0 Å². The van der Waals surface area contributed by atoms with E-state index in [0.29, 0.717) is 0 Å². The van der Waals surface area contributed by atoms with E-state index >= 15 is 0 Å². The van der Waals surface area contributed by atoms with Gasteiger partial charge in [-0.25, -0.2) is 4.98 Å². The summed E-state index contributed by atoms with van der Waals surface area (Å²) in [5.74, 6) is 5.10. The minimum absolute atomic E-state index is 0. The number of hydrogen-bond acceptors (Lipinski definition) is 3. The van der Waals surface area contributed by atoms with Crippen molar-refractivity contribution in [1.29, 1.82) is 0 Å².